The Kier molecular flexibility index (Phi) is 12.9. The number of halogens is 1. The monoisotopic (exact) mass is 494 g/mol. The Morgan fingerprint density at radius 2 is 1.70 bits per heavy atom. The number of hydrogen-bond donors (Lipinski definition) is 2. The quantitative estimate of drug-likeness (QED) is 0.234. The predicted molar refractivity (Wildman–Crippen MR) is 127 cm³/mol. The van der Waals surface area contributed by atoms with Gasteiger partial charge in [0.1, 0.15) is 0 Å². The lowest BCUT2D eigenvalue weighted by Gasteiger charge is -2.37. The first-order chi connectivity index (χ1) is 12.6. The van der Waals surface area contributed by atoms with Gasteiger partial charge in [0, 0.05) is 52.4 Å². The van der Waals surface area contributed by atoms with Gasteiger partial charge >= 0.3 is 0 Å². The van der Waals surface area contributed by atoms with E-state index in [-0.39, 0.29) is 24.0 Å². The van der Waals surface area contributed by atoms with Crippen LogP contribution in [0.2, 0.25) is 0 Å². The molecule has 2 aliphatic heterocycles. The fourth-order valence-electron chi connectivity index (χ4n) is 3.91. The summed E-state index contributed by atoms with van der Waals surface area (Å²) in [6.07, 6.45) is 3.91. The number of likely N-dealkylation sites (tertiary alicyclic amines) is 1. The molecule has 2 heterocycles. The van der Waals surface area contributed by atoms with Crippen LogP contribution in [0.4, 0.5) is 0 Å². The van der Waals surface area contributed by atoms with Gasteiger partial charge in [0.15, 0.2) is 5.96 Å². The molecule has 0 spiro atoms. The maximum atomic E-state index is 4.38. The molecule has 0 radical (unpaired) electrons. The summed E-state index contributed by atoms with van der Waals surface area (Å²) in [5.74, 6) is 1.86. The maximum absolute atomic E-state index is 4.38. The van der Waals surface area contributed by atoms with Crippen molar-refractivity contribution in [2.75, 3.05) is 72.5 Å². The second-order valence-electron chi connectivity index (χ2n) is 8.08. The smallest absolute Gasteiger partial charge is 0.191 e. The Labute approximate surface area is 184 Å². The minimum absolute atomic E-state index is 0. The van der Waals surface area contributed by atoms with Crippen molar-refractivity contribution in [3.63, 3.8) is 0 Å². The number of nitrogens with one attached hydrogen (secondary N) is 2. The summed E-state index contributed by atoms with van der Waals surface area (Å²) < 4.78 is 0. The molecule has 2 fully saturated rings. The normalized spacial score (nSPS) is 22.3. The van der Waals surface area contributed by atoms with E-state index in [1.165, 1.54) is 71.6 Å². The van der Waals surface area contributed by atoms with Crippen LogP contribution in [0.5, 0.6) is 0 Å². The van der Waals surface area contributed by atoms with Gasteiger partial charge in [-0.1, -0.05) is 13.8 Å². The summed E-state index contributed by atoms with van der Waals surface area (Å²) in [5.41, 5.74) is 0. The zero-order valence-corrected chi connectivity index (χ0v) is 20.4. The Bertz CT molecular complexity index is 403. The number of rotatable bonds is 8. The van der Waals surface area contributed by atoms with Crippen LogP contribution in [0.25, 0.3) is 0 Å². The number of aliphatic imine (C=N–C) groups is 1. The average Bonchev–Trinajstić information content (AvgIpc) is 2.68. The lowest BCUT2D eigenvalue weighted by Crippen LogP contribution is -2.53. The van der Waals surface area contributed by atoms with E-state index in [0.29, 0.717) is 6.04 Å². The van der Waals surface area contributed by atoms with E-state index in [2.05, 4.69) is 51.1 Å². The molecule has 0 aliphatic carbocycles. The van der Waals surface area contributed by atoms with Crippen molar-refractivity contribution < 1.29 is 0 Å². The van der Waals surface area contributed by atoms with Gasteiger partial charge in [-0.15, -0.1) is 24.0 Å². The molecular weight excluding hydrogens is 451 g/mol. The third-order valence-electron chi connectivity index (χ3n) is 6.09. The molecule has 0 aromatic rings. The highest BCUT2D eigenvalue weighted by atomic mass is 127. The topological polar surface area (TPSA) is 46.1 Å². The second kappa shape index (κ2) is 14.0. The van der Waals surface area contributed by atoms with E-state index in [4.69, 9.17) is 0 Å². The van der Waals surface area contributed by atoms with E-state index >= 15 is 0 Å². The van der Waals surface area contributed by atoms with E-state index < -0.39 is 0 Å². The second-order valence-corrected chi connectivity index (χ2v) is 8.08. The molecule has 27 heavy (non-hydrogen) atoms. The summed E-state index contributed by atoms with van der Waals surface area (Å²) in [6.45, 7) is 18.6. The van der Waals surface area contributed by atoms with Crippen LogP contribution >= 0.6 is 24.0 Å². The number of guanidine groups is 1. The average molecular weight is 495 g/mol. The lowest BCUT2D eigenvalue weighted by atomic mass is 9.99. The van der Waals surface area contributed by atoms with Gasteiger partial charge in [0.2, 0.25) is 0 Å². The van der Waals surface area contributed by atoms with Gasteiger partial charge in [-0.25, -0.2) is 0 Å². The van der Waals surface area contributed by atoms with Crippen molar-refractivity contribution >= 4 is 29.9 Å². The van der Waals surface area contributed by atoms with Crippen LogP contribution in [-0.4, -0.2) is 99.2 Å². The van der Waals surface area contributed by atoms with Crippen LogP contribution in [-0.2, 0) is 0 Å². The van der Waals surface area contributed by atoms with Crippen molar-refractivity contribution in [3.8, 4) is 0 Å². The highest BCUT2D eigenvalue weighted by Gasteiger charge is 2.20. The van der Waals surface area contributed by atoms with Crippen LogP contribution in [0.1, 0.15) is 40.0 Å². The van der Waals surface area contributed by atoms with E-state index in [1.54, 1.807) is 0 Å². The van der Waals surface area contributed by atoms with Gasteiger partial charge in [-0.3, -0.25) is 9.89 Å². The lowest BCUT2D eigenvalue weighted by molar-refractivity contribution is 0.107. The summed E-state index contributed by atoms with van der Waals surface area (Å²) in [4.78, 5) is 12.1. The molecule has 0 saturated carbocycles. The van der Waals surface area contributed by atoms with Crippen molar-refractivity contribution in [1.29, 1.82) is 0 Å². The van der Waals surface area contributed by atoms with E-state index in [0.717, 1.165) is 25.0 Å². The molecule has 7 heteroatoms. The first kappa shape index (κ1) is 24.9. The highest BCUT2D eigenvalue weighted by Crippen LogP contribution is 2.15. The molecule has 2 rings (SSSR count). The minimum Gasteiger partial charge on any atom is -0.356 e. The van der Waals surface area contributed by atoms with Crippen molar-refractivity contribution in [2.24, 2.45) is 10.9 Å². The summed E-state index contributed by atoms with van der Waals surface area (Å²) in [7, 11) is 1.87. The maximum Gasteiger partial charge on any atom is 0.191 e. The van der Waals surface area contributed by atoms with Gasteiger partial charge in [-0.05, 0) is 58.3 Å². The standard InChI is InChI=1S/C20H42N6.HI/c1-5-24-13-15-26(16-14-24)19(3)17-23-20(21-4)22-9-6-10-25-11-7-18(2)8-12-25;/h18-19H,5-17H2,1-4H3,(H2,21,22,23);1H. The summed E-state index contributed by atoms with van der Waals surface area (Å²) in [6, 6.07) is 0.544. The van der Waals surface area contributed by atoms with E-state index in [9.17, 15) is 0 Å². The zero-order chi connectivity index (χ0) is 18.8. The van der Waals surface area contributed by atoms with Crippen LogP contribution in [0, 0.1) is 5.92 Å². The Balaban J connectivity index is 0.00000364. The molecule has 2 saturated heterocycles. The molecule has 0 aromatic carbocycles. The van der Waals surface area contributed by atoms with Crippen LogP contribution in [0.3, 0.4) is 0 Å². The number of piperidine rings is 1. The third kappa shape index (κ3) is 9.28. The Morgan fingerprint density at radius 1 is 1.04 bits per heavy atom. The number of likely N-dealkylation sites (N-methyl/N-ethyl adjacent to an activating group) is 1. The highest BCUT2D eigenvalue weighted by molar-refractivity contribution is 14.0. The van der Waals surface area contributed by atoms with Gasteiger partial charge in [-0.2, -0.15) is 0 Å². The largest absolute Gasteiger partial charge is 0.356 e. The number of nitrogens with zero attached hydrogens (tertiary/aromatic N) is 4. The molecule has 0 amide bonds. The molecule has 2 aliphatic rings. The first-order valence-corrected chi connectivity index (χ1v) is 10.8. The van der Waals surface area contributed by atoms with Crippen molar-refractivity contribution in [2.45, 2.75) is 46.1 Å². The van der Waals surface area contributed by atoms with Gasteiger partial charge in [0.25, 0.3) is 0 Å². The predicted octanol–water partition coefficient (Wildman–Crippen LogP) is 1.92. The van der Waals surface area contributed by atoms with Crippen LogP contribution < -0.4 is 10.6 Å². The fourth-order valence-corrected chi connectivity index (χ4v) is 3.91. The number of piperazine rings is 1. The molecule has 1 unspecified atom stereocenters. The van der Waals surface area contributed by atoms with Gasteiger partial charge < -0.3 is 20.4 Å². The fraction of sp³-hybridized carbons (Fsp3) is 0.950. The SMILES string of the molecule is CCN1CCN(C(C)CNC(=NC)NCCCN2CCC(C)CC2)CC1.I. The minimum atomic E-state index is 0. The molecule has 160 valence electrons. The Morgan fingerprint density at radius 3 is 2.30 bits per heavy atom. The molecular formula is C20H43IN6. The Hall–Kier alpha value is -0.120. The molecule has 6 nitrogen and oxygen atoms in total. The van der Waals surface area contributed by atoms with E-state index in [1.807, 2.05) is 7.05 Å². The van der Waals surface area contributed by atoms with Crippen molar-refractivity contribution in [1.82, 2.24) is 25.3 Å². The molecule has 2 N–H and O–H groups in total. The summed E-state index contributed by atoms with van der Waals surface area (Å²) in [5, 5.41) is 6.98. The van der Waals surface area contributed by atoms with Crippen molar-refractivity contribution in [3.05, 3.63) is 0 Å². The molecule has 0 aromatic heterocycles. The summed E-state index contributed by atoms with van der Waals surface area (Å²) >= 11 is 0. The third-order valence-corrected chi connectivity index (χ3v) is 6.09. The van der Waals surface area contributed by atoms with Gasteiger partial charge in [0.05, 0.1) is 0 Å². The first-order valence-electron chi connectivity index (χ1n) is 10.8. The molecule has 1 atom stereocenters. The number of hydrogen-bond acceptors (Lipinski definition) is 4. The zero-order valence-electron chi connectivity index (χ0n) is 18.0. The molecule has 0 bridgehead atoms. The van der Waals surface area contributed by atoms with Crippen LogP contribution in [0.15, 0.2) is 4.99 Å².